The lowest BCUT2D eigenvalue weighted by atomic mass is 9.97. The summed E-state index contributed by atoms with van der Waals surface area (Å²) in [6.07, 6.45) is 7.78. The Balaban J connectivity index is 1.65. The Morgan fingerprint density at radius 1 is 1.17 bits per heavy atom. The SMILES string of the molecule is O=C(Cn1[nH]c(=O)c2ccccc2c1=O)NCCC1=CCCCC1. The molecule has 1 aliphatic carbocycles. The molecule has 0 saturated heterocycles. The Kier molecular flexibility index (Phi) is 4.93. The topological polar surface area (TPSA) is 84.0 Å². The van der Waals surface area contributed by atoms with Crippen LogP contribution in [0.2, 0.25) is 0 Å². The lowest BCUT2D eigenvalue weighted by Crippen LogP contribution is -2.37. The normalized spacial score (nSPS) is 14.4. The number of allylic oxidation sites excluding steroid dienone is 1. The number of hydrogen-bond acceptors (Lipinski definition) is 3. The molecule has 0 spiro atoms. The number of rotatable bonds is 5. The predicted octanol–water partition coefficient (Wildman–Crippen LogP) is 1.70. The van der Waals surface area contributed by atoms with E-state index in [0.29, 0.717) is 17.3 Å². The number of hydrogen-bond donors (Lipinski definition) is 2. The monoisotopic (exact) mass is 327 g/mol. The van der Waals surface area contributed by atoms with Crippen LogP contribution < -0.4 is 16.4 Å². The number of amides is 1. The minimum absolute atomic E-state index is 0.183. The van der Waals surface area contributed by atoms with Crippen molar-refractivity contribution in [3.63, 3.8) is 0 Å². The van der Waals surface area contributed by atoms with Gasteiger partial charge < -0.3 is 5.32 Å². The highest BCUT2D eigenvalue weighted by molar-refractivity contribution is 5.81. The van der Waals surface area contributed by atoms with E-state index < -0.39 is 0 Å². The molecule has 24 heavy (non-hydrogen) atoms. The molecular weight excluding hydrogens is 306 g/mol. The van der Waals surface area contributed by atoms with Crippen LogP contribution in [0.5, 0.6) is 0 Å². The fourth-order valence-electron chi connectivity index (χ4n) is 3.05. The average Bonchev–Trinajstić information content (AvgIpc) is 2.60. The first-order valence-electron chi connectivity index (χ1n) is 8.31. The van der Waals surface area contributed by atoms with Gasteiger partial charge in [0.25, 0.3) is 11.1 Å². The summed E-state index contributed by atoms with van der Waals surface area (Å²) in [6.45, 7) is 0.370. The van der Waals surface area contributed by atoms with E-state index in [1.807, 2.05) is 0 Å². The zero-order chi connectivity index (χ0) is 16.9. The molecule has 6 heteroatoms. The van der Waals surface area contributed by atoms with Crippen molar-refractivity contribution < 1.29 is 4.79 Å². The standard InChI is InChI=1S/C18H21N3O3/c22-16(19-11-10-13-6-2-1-3-7-13)12-21-18(24)15-9-5-4-8-14(15)17(23)20-21/h4-6,8-9H,1-3,7,10-12H2,(H,19,22)(H,20,23). The fraction of sp³-hybridized carbons (Fsp3) is 0.389. The van der Waals surface area contributed by atoms with E-state index in [1.165, 1.54) is 18.4 Å². The molecule has 0 atom stereocenters. The molecule has 0 fully saturated rings. The highest BCUT2D eigenvalue weighted by Crippen LogP contribution is 2.19. The fourth-order valence-corrected chi connectivity index (χ4v) is 3.05. The summed E-state index contributed by atoms with van der Waals surface area (Å²) in [6, 6.07) is 6.59. The second-order valence-electron chi connectivity index (χ2n) is 6.09. The molecule has 0 bridgehead atoms. The van der Waals surface area contributed by atoms with Gasteiger partial charge in [-0.15, -0.1) is 0 Å². The van der Waals surface area contributed by atoms with Gasteiger partial charge in [0, 0.05) is 6.54 Å². The lowest BCUT2D eigenvalue weighted by Gasteiger charge is -2.13. The van der Waals surface area contributed by atoms with Crippen molar-refractivity contribution in [2.24, 2.45) is 0 Å². The minimum atomic E-state index is -0.370. The van der Waals surface area contributed by atoms with Crippen molar-refractivity contribution in [1.82, 2.24) is 15.1 Å². The van der Waals surface area contributed by atoms with E-state index in [9.17, 15) is 14.4 Å². The summed E-state index contributed by atoms with van der Waals surface area (Å²) >= 11 is 0. The second-order valence-corrected chi connectivity index (χ2v) is 6.09. The quantitative estimate of drug-likeness (QED) is 0.820. The van der Waals surface area contributed by atoms with E-state index in [4.69, 9.17) is 0 Å². The van der Waals surface area contributed by atoms with Gasteiger partial charge in [-0.1, -0.05) is 23.8 Å². The Labute approximate surface area is 139 Å². The number of aromatic nitrogens is 2. The summed E-state index contributed by atoms with van der Waals surface area (Å²) < 4.78 is 1.07. The zero-order valence-electron chi connectivity index (χ0n) is 13.5. The highest BCUT2D eigenvalue weighted by atomic mass is 16.2. The van der Waals surface area contributed by atoms with Crippen molar-refractivity contribution in [2.45, 2.75) is 38.6 Å². The predicted molar refractivity (Wildman–Crippen MR) is 93.0 cm³/mol. The van der Waals surface area contributed by atoms with E-state index in [1.54, 1.807) is 24.3 Å². The van der Waals surface area contributed by atoms with E-state index >= 15 is 0 Å². The van der Waals surface area contributed by atoms with Crippen LogP contribution in [-0.4, -0.2) is 22.2 Å². The van der Waals surface area contributed by atoms with E-state index in [0.717, 1.165) is 23.9 Å². The summed E-state index contributed by atoms with van der Waals surface area (Å²) in [4.78, 5) is 36.4. The minimum Gasteiger partial charge on any atom is -0.354 e. The van der Waals surface area contributed by atoms with Crippen LogP contribution in [0, 0.1) is 0 Å². The van der Waals surface area contributed by atoms with Crippen molar-refractivity contribution in [1.29, 1.82) is 0 Å². The van der Waals surface area contributed by atoms with Crippen molar-refractivity contribution in [2.75, 3.05) is 6.54 Å². The maximum Gasteiger partial charge on any atom is 0.273 e. The van der Waals surface area contributed by atoms with Gasteiger partial charge in [0.2, 0.25) is 5.91 Å². The number of nitrogens with zero attached hydrogens (tertiary/aromatic N) is 1. The van der Waals surface area contributed by atoms with Gasteiger partial charge in [0.1, 0.15) is 6.54 Å². The first-order valence-corrected chi connectivity index (χ1v) is 8.31. The summed E-state index contributed by atoms with van der Waals surface area (Å²) in [5.74, 6) is -0.278. The van der Waals surface area contributed by atoms with Gasteiger partial charge >= 0.3 is 0 Å². The second kappa shape index (κ2) is 7.29. The highest BCUT2D eigenvalue weighted by Gasteiger charge is 2.10. The van der Waals surface area contributed by atoms with Crippen LogP contribution in [0.4, 0.5) is 0 Å². The lowest BCUT2D eigenvalue weighted by molar-refractivity contribution is -0.121. The molecular formula is C18H21N3O3. The Hall–Kier alpha value is -2.63. The first-order chi connectivity index (χ1) is 11.6. The van der Waals surface area contributed by atoms with Gasteiger partial charge in [-0.25, -0.2) is 4.68 Å². The van der Waals surface area contributed by atoms with Crippen LogP contribution in [0.1, 0.15) is 32.1 Å². The molecule has 2 N–H and O–H groups in total. The number of benzene rings is 1. The number of aromatic amines is 1. The van der Waals surface area contributed by atoms with Gasteiger partial charge in [0.15, 0.2) is 0 Å². The number of carbonyl (C=O) groups is 1. The van der Waals surface area contributed by atoms with Crippen LogP contribution in [0.3, 0.4) is 0 Å². The molecule has 1 amide bonds. The first kappa shape index (κ1) is 16.2. The summed E-state index contributed by atoms with van der Waals surface area (Å²) in [5, 5.41) is 5.93. The molecule has 126 valence electrons. The van der Waals surface area contributed by atoms with E-state index in [2.05, 4.69) is 16.5 Å². The molecule has 0 aliphatic heterocycles. The third-order valence-electron chi connectivity index (χ3n) is 4.34. The number of carbonyl (C=O) groups excluding carboxylic acids is 1. The molecule has 2 aromatic rings. The molecule has 1 aromatic carbocycles. The molecule has 6 nitrogen and oxygen atoms in total. The van der Waals surface area contributed by atoms with Crippen molar-refractivity contribution in [3.05, 3.63) is 56.6 Å². The van der Waals surface area contributed by atoms with Gasteiger partial charge in [-0.2, -0.15) is 0 Å². The maximum atomic E-state index is 12.3. The van der Waals surface area contributed by atoms with Gasteiger partial charge in [-0.05, 0) is 44.2 Å². The molecule has 3 rings (SSSR count). The largest absolute Gasteiger partial charge is 0.354 e. The molecule has 1 aliphatic rings. The van der Waals surface area contributed by atoms with Crippen LogP contribution in [-0.2, 0) is 11.3 Å². The zero-order valence-corrected chi connectivity index (χ0v) is 13.5. The number of H-pyrrole nitrogens is 1. The summed E-state index contributed by atoms with van der Waals surface area (Å²) in [5.41, 5.74) is 0.651. The average molecular weight is 327 g/mol. The van der Waals surface area contributed by atoms with Crippen LogP contribution in [0.25, 0.3) is 10.8 Å². The van der Waals surface area contributed by atoms with Crippen LogP contribution >= 0.6 is 0 Å². The number of nitrogens with one attached hydrogen (secondary N) is 2. The Morgan fingerprint density at radius 3 is 2.71 bits per heavy atom. The molecule has 1 aromatic heterocycles. The number of fused-ring (bicyclic) bond motifs is 1. The Morgan fingerprint density at radius 2 is 1.96 bits per heavy atom. The van der Waals surface area contributed by atoms with Crippen LogP contribution in [0.15, 0.2) is 45.5 Å². The van der Waals surface area contributed by atoms with Crippen molar-refractivity contribution in [3.8, 4) is 0 Å². The molecule has 0 unspecified atom stereocenters. The van der Waals surface area contributed by atoms with E-state index in [-0.39, 0.29) is 23.6 Å². The molecule has 1 heterocycles. The third-order valence-corrected chi connectivity index (χ3v) is 4.34. The van der Waals surface area contributed by atoms with Gasteiger partial charge in [0.05, 0.1) is 10.8 Å². The smallest absolute Gasteiger partial charge is 0.273 e. The Bertz CT molecular complexity index is 892. The molecule has 0 saturated carbocycles. The van der Waals surface area contributed by atoms with Gasteiger partial charge in [-0.3, -0.25) is 19.5 Å². The van der Waals surface area contributed by atoms with Crippen molar-refractivity contribution >= 4 is 16.7 Å². The third kappa shape index (κ3) is 3.64. The summed E-state index contributed by atoms with van der Waals surface area (Å²) in [7, 11) is 0. The maximum absolute atomic E-state index is 12.3. The molecule has 0 radical (unpaired) electrons.